The highest BCUT2D eigenvalue weighted by molar-refractivity contribution is 5.57. The molecule has 2 rings (SSSR count). The van der Waals surface area contributed by atoms with Gasteiger partial charge in [-0.3, -0.25) is 0 Å². The summed E-state index contributed by atoms with van der Waals surface area (Å²) >= 11 is 0. The van der Waals surface area contributed by atoms with Crippen LogP contribution in [0.3, 0.4) is 0 Å². The maximum absolute atomic E-state index is 8.72. The van der Waals surface area contributed by atoms with Crippen molar-refractivity contribution < 1.29 is 0 Å². The zero-order chi connectivity index (χ0) is 13.0. The molecule has 0 heterocycles. The summed E-state index contributed by atoms with van der Waals surface area (Å²) < 4.78 is 0. The minimum atomic E-state index is 0.546. The summed E-state index contributed by atoms with van der Waals surface area (Å²) in [6.45, 7) is 3.86. The lowest BCUT2D eigenvalue weighted by molar-refractivity contribution is 1.20. The molecule has 0 saturated heterocycles. The van der Waals surface area contributed by atoms with Gasteiger partial charge in [0.2, 0.25) is 5.39 Å². The normalized spacial score (nSPS) is 10.5. The first-order chi connectivity index (χ1) is 8.70. The Morgan fingerprint density at radius 1 is 0.944 bits per heavy atom. The Hall–Kier alpha value is -2.54. The molecule has 0 aliphatic rings. The van der Waals surface area contributed by atoms with Crippen molar-refractivity contribution >= 4 is 17.1 Å². The first-order valence-electron chi connectivity index (χ1n) is 5.64. The first-order valence-corrected chi connectivity index (χ1v) is 5.64. The van der Waals surface area contributed by atoms with Crippen LogP contribution in [0, 0.1) is 19.2 Å². The molecule has 88 valence electrons. The lowest BCUT2D eigenvalue weighted by atomic mass is 10.2. The third-order valence-corrected chi connectivity index (χ3v) is 2.68. The topological polar surface area (TPSA) is 52.9 Å². The van der Waals surface area contributed by atoms with Crippen LogP contribution >= 0.6 is 0 Å². The quantitative estimate of drug-likeness (QED) is 0.523. The molecule has 0 spiro atoms. The molecule has 2 aromatic carbocycles. The third-order valence-electron chi connectivity index (χ3n) is 2.68. The van der Waals surface area contributed by atoms with E-state index >= 15 is 0 Å². The summed E-state index contributed by atoms with van der Waals surface area (Å²) in [5.74, 6) is 0. The van der Waals surface area contributed by atoms with Crippen LogP contribution in [0.4, 0.5) is 17.1 Å². The summed E-state index contributed by atoms with van der Waals surface area (Å²) in [6.07, 6.45) is 0. The van der Waals surface area contributed by atoms with Crippen LogP contribution in [-0.4, -0.2) is 0 Å². The fraction of sp³-hybridized carbons (Fsp3) is 0.143. The van der Waals surface area contributed by atoms with E-state index in [1.807, 2.05) is 44.2 Å². The van der Waals surface area contributed by atoms with E-state index in [2.05, 4.69) is 15.2 Å². The summed E-state index contributed by atoms with van der Waals surface area (Å²) in [7, 11) is 0. The van der Waals surface area contributed by atoms with E-state index in [0.717, 1.165) is 22.5 Å². The fourth-order valence-electron chi connectivity index (χ4n) is 1.60. The lowest BCUT2D eigenvalue weighted by Gasteiger charge is -1.97. The van der Waals surface area contributed by atoms with Crippen molar-refractivity contribution in [2.45, 2.75) is 13.8 Å². The lowest BCUT2D eigenvalue weighted by Crippen LogP contribution is -1.73. The van der Waals surface area contributed by atoms with Gasteiger partial charge in [-0.15, -0.1) is 0 Å². The monoisotopic (exact) mass is 237 g/mol. The number of nitrogens with zero attached hydrogens (tertiary/aromatic N) is 4. The number of benzene rings is 2. The molecule has 0 aliphatic carbocycles. The van der Waals surface area contributed by atoms with Gasteiger partial charge in [0, 0.05) is 11.6 Å². The van der Waals surface area contributed by atoms with Crippen molar-refractivity contribution in [3.05, 3.63) is 58.6 Å². The largest absolute Gasteiger partial charge is 0.388 e. The van der Waals surface area contributed by atoms with Crippen LogP contribution in [0.2, 0.25) is 0 Å². The van der Waals surface area contributed by atoms with Gasteiger partial charge in [-0.25, -0.2) is 0 Å². The molecule has 0 aromatic heterocycles. The Labute approximate surface area is 106 Å². The second kappa shape index (κ2) is 5.19. The Morgan fingerprint density at radius 3 is 2.39 bits per heavy atom. The van der Waals surface area contributed by atoms with Crippen molar-refractivity contribution in [2.24, 2.45) is 10.2 Å². The highest BCUT2D eigenvalue weighted by atomic mass is 15.1. The molecule has 0 atom stereocenters. The van der Waals surface area contributed by atoms with Crippen molar-refractivity contribution in [2.75, 3.05) is 0 Å². The van der Waals surface area contributed by atoms with Gasteiger partial charge in [0.25, 0.3) is 0 Å². The predicted octanol–water partition coefficient (Wildman–Crippen LogP) is 5.20. The minimum absolute atomic E-state index is 0.546. The number of hydrogen-bond donors (Lipinski definition) is 0. The van der Waals surface area contributed by atoms with Gasteiger partial charge in [0.1, 0.15) is 0 Å². The van der Waals surface area contributed by atoms with Crippen LogP contribution in [0.1, 0.15) is 11.1 Å². The smallest absolute Gasteiger partial charge is 0.151 e. The molecule has 2 aromatic rings. The van der Waals surface area contributed by atoms with E-state index in [1.54, 1.807) is 12.1 Å². The molecular formula is C14H13N4+. The molecule has 4 nitrogen and oxygen atoms in total. The maximum atomic E-state index is 8.72. The van der Waals surface area contributed by atoms with E-state index in [-0.39, 0.29) is 0 Å². The Bertz CT molecular complexity index is 638. The number of aryl methyl sites for hydroxylation is 2. The zero-order valence-electron chi connectivity index (χ0n) is 10.3. The predicted molar refractivity (Wildman–Crippen MR) is 71.3 cm³/mol. The molecule has 0 bridgehead atoms. The van der Waals surface area contributed by atoms with Crippen LogP contribution in [0.5, 0.6) is 0 Å². The van der Waals surface area contributed by atoms with Crippen LogP contribution < -0.4 is 0 Å². The standard InChI is InChI=1S/C14H13N4/c1-10-5-3-4-6-14(10)18-17-12-7-8-13(16-15)11(2)9-12/h3-9H,1-2H3/q+1. The molecule has 0 amide bonds. The van der Waals surface area contributed by atoms with Gasteiger partial charge < -0.3 is 0 Å². The van der Waals surface area contributed by atoms with Crippen molar-refractivity contribution in [3.8, 4) is 0 Å². The third kappa shape index (κ3) is 2.58. The highest BCUT2D eigenvalue weighted by Crippen LogP contribution is 2.26. The molecule has 0 unspecified atom stereocenters. The molecule has 0 radical (unpaired) electrons. The summed E-state index contributed by atoms with van der Waals surface area (Å²) in [6, 6.07) is 13.1. The van der Waals surface area contributed by atoms with E-state index in [0.29, 0.717) is 5.69 Å². The van der Waals surface area contributed by atoms with Gasteiger partial charge in [0.15, 0.2) is 4.98 Å². The van der Waals surface area contributed by atoms with Crippen LogP contribution in [-0.2, 0) is 0 Å². The molecule has 0 fully saturated rings. The molecule has 0 aliphatic heterocycles. The maximum Gasteiger partial charge on any atom is 0.388 e. The second-order valence-corrected chi connectivity index (χ2v) is 4.06. The fourth-order valence-corrected chi connectivity index (χ4v) is 1.60. The Morgan fingerprint density at radius 2 is 1.72 bits per heavy atom. The SMILES string of the molecule is Cc1ccccc1N=Nc1ccc([N+]#N)c(C)c1. The van der Waals surface area contributed by atoms with Crippen LogP contribution in [0.15, 0.2) is 52.7 Å². The minimum Gasteiger partial charge on any atom is -0.151 e. The van der Waals surface area contributed by atoms with Gasteiger partial charge >= 0.3 is 5.69 Å². The number of azo groups is 1. The van der Waals surface area contributed by atoms with Crippen LogP contribution in [0.25, 0.3) is 4.98 Å². The molecule has 0 N–H and O–H groups in total. The number of rotatable bonds is 2. The van der Waals surface area contributed by atoms with Gasteiger partial charge in [-0.1, -0.05) is 18.2 Å². The van der Waals surface area contributed by atoms with Gasteiger partial charge in [0.05, 0.1) is 11.4 Å². The number of diazo groups is 1. The van der Waals surface area contributed by atoms with E-state index in [4.69, 9.17) is 5.39 Å². The molecular weight excluding hydrogens is 224 g/mol. The van der Waals surface area contributed by atoms with Crippen molar-refractivity contribution in [1.82, 2.24) is 0 Å². The van der Waals surface area contributed by atoms with Crippen molar-refractivity contribution in [1.29, 1.82) is 5.39 Å². The average Bonchev–Trinajstić information content (AvgIpc) is 2.38. The Kier molecular flexibility index (Phi) is 3.44. The summed E-state index contributed by atoms with van der Waals surface area (Å²) in [5.41, 5.74) is 4.08. The highest BCUT2D eigenvalue weighted by Gasteiger charge is 2.09. The average molecular weight is 237 g/mol. The van der Waals surface area contributed by atoms with E-state index < -0.39 is 0 Å². The van der Waals surface area contributed by atoms with E-state index in [1.165, 1.54) is 0 Å². The molecule has 4 heteroatoms. The van der Waals surface area contributed by atoms with Gasteiger partial charge in [-0.05, 0) is 37.6 Å². The zero-order valence-corrected chi connectivity index (χ0v) is 10.3. The van der Waals surface area contributed by atoms with Crippen molar-refractivity contribution in [3.63, 3.8) is 0 Å². The van der Waals surface area contributed by atoms with E-state index in [9.17, 15) is 0 Å². The Balaban J connectivity index is 2.28. The first kappa shape index (κ1) is 11.9. The molecule has 0 saturated carbocycles. The number of hydrogen-bond acceptors (Lipinski definition) is 3. The molecule has 18 heavy (non-hydrogen) atoms. The second-order valence-electron chi connectivity index (χ2n) is 4.06. The summed E-state index contributed by atoms with van der Waals surface area (Å²) in [5, 5.41) is 17.1. The van der Waals surface area contributed by atoms with Gasteiger partial charge in [-0.2, -0.15) is 10.2 Å². The summed E-state index contributed by atoms with van der Waals surface area (Å²) in [4.78, 5) is 3.17.